The van der Waals surface area contributed by atoms with Crippen LogP contribution in [0.3, 0.4) is 0 Å². The second kappa shape index (κ2) is 3.86. The number of para-hydroxylation sites is 1. The van der Waals surface area contributed by atoms with Crippen LogP contribution in [0.15, 0.2) is 24.3 Å². The summed E-state index contributed by atoms with van der Waals surface area (Å²) in [5.41, 5.74) is 2.39. The minimum atomic E-state index is 0.0685. The van der Waals surface area contributed by atoms with Gasteiger partial charge in [-0.1, -0.05) is 44.4 Å². The van der Waals surface area contributed by atoms with Gasteiger partial charge < -0.3 is 5.32 Å². The van der Waals surface area contributed by atoms with Crippen molar-refractivity contribution in [2.75, 3.05) is 5.32 Å². The maximum atomic E-state index is 12.2. The third-order valence-corrected chi connectivity index (χ3v) is 4.48. The maximum absolute atomic E-state index is 12.2. The van der Waals surface area contributed by atoms with Crippen LogP contribution in [0.2, 0.25) is 0 Å². The van der Waals surface area contributed by atoms with E-state index in [0.29, 0.717) is 0 Å². The molecule has 0 radical (unpaired) electrons. The minimum absolute atomic E-state index is 0.0685. The number of fused-ring (bicyclic) bond motifs is 1. The number of nitrogens with one attached hydrogen (secondary N) is 1. The Morgan fingerprint density at radius 1 is 1.18 bits per heavy atom. The fourth-order valence-electron chi connectivity index (χ4n) is 3.55. The molecule has 90 valence electrons. The molecule has 1 aromatic rings. The van der Waals surface area contributed by atoms with E-state index in [1.807, 2.05) is 18.2 Å². The van der Waals surface area contributed by atoms with Crippen LogP contribution in [0.25, 0.3) is 0 Å². The van der Waals surface area contributed by atoms with Crippen LogP contribution in [-0.2, 0) is 4.79 Å². The predicted octanol–water partition coefficient (Wildman–Crippen LogP) is 3.69. The summed E-state index contributed by atoms with van der Waals surface area (Å²) in [4.78, 5) is 12.2. The third-order valence-electron chi connectivity index (χ3n) is 4.48. The van der Waals surface area contributed by atoms with Gasteiger partial charge in [0.25, 0.3) is 0 Å². The first-order valence-corrected chi connectivity index (χ1v) is 6.60. The van der Waals surface area contributed by atoms with Gasteiger partial charge in [-0.3, -0.25) is 4.79 Å². The van der Waals surface area contributed by atoms with E-state index in [1.54, 1.807) is 0 Å². The van der Waals surface area contributed by atoms with Crippen LogP contribution in [-0.4, -0.2) is 5.91 Å². The monoisotopic (exact) mass is 229 g/mol. The molecule has 0 saturated heterocycles. The standard InChI is InChI=1S/C15H19NO/c1-15(9-5-2-6-10-15)13-11-7-3-4-8-12(11)16-14(13)17/h3-4,7-8,13H,2,5-6,9-10H2,1H3,(H,16,17). The molecule has 0 aromatic heterocycles. The molecule has 1 fully saturated rings. The summed E-state index contributed by atoms with van der Waals surface area (Å²) in [6.45, 7) is 2.29. The zero-order valence-corrected chi connectivity index (χ0v) is 10.3. The van der Waals surface area contributed by atoms with E-state index in [2.05, 4.69) is 18.3 Å². The van der Waals surface area contributed by atoms with Crippen molar-refractivity contribution < 1.29 is 4.79 Å². The van der Waals surface area contributed by atoms with Crippen LogP contribution in [0.1, 0.15) is 50.5 Å². The second-order valence-corrected chi connectivity index (χ2v) is 5.72. The van der Waals surface area contributed by atoms with Crippen molar-refractivity contribution in [3.63, 3.8) is 0 Å². The van der Waals surface area contributed by atoms with Gasteiger partial charge in [0.1, 0.15) is 0 Å². The van der Waals surface area contributed by atoms with E-state index >= 15 is 0 Å². The first kappa shape index (κ1) is 10.8. The lowest BCUT2D eigenvalue weighted by atomic mass is 9.65. The fourth-order valence-corrected chi connectivity index (χ4v) is 3.55. The molecular weight excluding hydrogens is 210 g/mol. The summed E-state index contributed by atoms with van der Waals surface area (Å²) in [7, 11) is 0. The minimum Gasteiger partial charge on any atom is -0.325 e. The molecule has 2 aliphatic rings. The molecule has 1 amide bonds. The fraction of sp³-hybridized carbons (Fsp3) is 0.533. The lowest BCUT2D eigenvalue weighted by Crippen LogP contribution is -2.32. The van der Waals surface area contributed by atoms with Gasteiger partial charge in [-0.05, 0) is 29.9 Å². The van der Waals surface area contributed by atoms with Crippen molar-refractivity contribution in [1.29, 1.82) is 0 Å². The number of carbonyl (C=O) groups excluding carboxylic acids is 1. The Balaban J connectivity index is 2.00. The average Bonchev–Trinajstić information content (AvgIpc) is 2.66. The van der Waals surface area contributed by atoms with Gasteiger partial charge in [-0.25, -0.2) is 0 Å². The summed E-state index contributed by atoms with van der Waals surface area (Å²) < 4.78 is 0. The van der Waals surface area contributed by atoms with Gasteiger partial charge in [0.15, 0.2) is 0 Å². The molecule has 1 unspecified atom stereocenters. The van der Waals surface area contributed by atoms with Gasteiger partial charge in [0, 0.05) is 5.69 Å². The van der Waals surface area contributed by atoms with E-state index in [-0.39, 0.29) is 17.2 Å². The first-order chi connectivity index (χ1) is 8.21. The second-order valence-electron chi connectivity index (χ2n) is 5.72. The molecule has 1 saturated carbocycles. The van der Waals surface area contributed by atoms with E-state index < -0.39 is 0 Å². The van der Waals surface area contributed by atoms with Crippen molar-refractivity contribution in [3.05, 3.63) is 29.8 Å². The summed E-state index contributed by atoms with van der Waals surface area (Å²) in [6, 6.07) is 8.15. The Morgan fingerprint density at radius 2 is 1.88 bits per heavy atom. The average molecular weight is 229 g/mol. The molecular formula is C15H19NO. The summed E-state index contributed by atoms with van der Waals surface area (Å²) in [5, 5.41) is 3.03. The number of benzene rings is 1. The molecule has 1 aliphatic carbocycles. The van der Waals surface area contributed by atoms with Crippen LogP contribution in [0.4, 0.5) is 5.69 Å². The highest BCUT2D eigenvalue weighted by molar-refractivity contribution is 6.03. The molecule has 0 bridgehead atoms. The Bertz CT molecular complexity index is 446. The number of carbonyl (C=O) groups is 1. The normalized spacial score (nSPS) is 26.4. The largest absolute Gasteiger partial charge is 0.325 e. The van der Waals surface area contributed by atoms with Crippen molar-refractivity contribution >= 4 is 11.6 Å². The van der Waals surface area contributed by atoms with E-state index in [1.165, 1.54) is 37.7 Å². The maximum Gasteiger partial charge on any atom is 0.232 e. The zero-order valence-electron chi connectivity index (χ0n) is 10.3. The summed E-state index contributed by atoms with van der Waals surface area (Å²) in [5.74, 6) is 0.273. The van der Waals surface area contributed by atoms with Gasteiger partial charge >= 0.3 is 0 Å². The third kappa shape index (κ3) is 1.67. The van der Waals surface area contributed by atoms with Gasteiger partial charge in [-0.15, -0.1) is 0 Å². The molecule has 0 spiro atoms. The molecule has 1 aromatic carbocycles. The SMILES string of the molecule is CC1(C2C(=O)Nc3ccccc32)CCCCC1. The number of rotatable bonds is 1. The number of hydrogen-bond acceptors (Lipinski definition) is 1. The van der Waals surface area contributed by atoms with Gasteiger partial charge in [0.05, 0.1) is 5.92 Å². The van der Waals surface area contributed by atoms with Crippen molar-refractivity contribution in [2.45, 2.75) is 44.9 Å². The Kier molecular flexibility index (Phi) is 2.46. The molecule has 17 heavy (non-hydrogen) atoms. The lowest BCUT2D eigenvalue weighted by Gasteiger charge is -2.37. The molecule has 1 heterocycles. The zero-order chi connectivity index (χ0) is 11.9. The molecule has 1 N–H and O–H groups in total. The predicted molar refractivity (Wildman–Crippen MR) is 69.0 cm³/mol. The van der Waals surface area contributed by atoms with E-state index in [0.717, 1.165) is 5.69 Å². The van der Waals surface area contributed by atoms with Gasteiger partial charge in [0.2, 0.25) is 5.91 Å². The van der Waals surface area contributed by atoms with Crippen LogP contribution in [0.5, 0.6) is 0 Å². The molecule has 3 rings (SSSR count). The quantitative estimate of drug-likeness (QED) is 0.781. The molecule has 2 heteroatoms. The van der Waals surface area contributed by atoms with E-state index in [9.17, 15) is 4.79 Å². The number of amides is 1. The van der Waals surface area contributed by atoms with Crippen molar-refractivity contribution in [2.24, 2.45) is 5.41 Å². The summed E-state index contributed by atoms with van der Waals surface area (Å²) in [6.07, 6.45) is 6.22. The Labute approximate surface area is 102 Å². The molecule has 1 atom stereocenters. The Morgan fingerprint density at radius 3 is 2.65 bits per heavy atom. The first-order valence-electron chi connectivity index (χ1n) is 6.60. The smallest absolute Gasteiger partial charge is 0.232 e. The van der Waals surface area contributed by atoms with Crippen molar-refractivity contribution in [1.82, 2.24) is 0 Å². The lowest BCUT2D eigenvalue weighted by molar-refractivity contribution is -0.120. The highest BCUT2D eigenvalue weighted by Gasteiger charge is 2.44. The van der Waals surface area contributed by atoms with Crippen LogP contribution < -0.4 is 5.32 Å². The van der Waals surface area contributed by atoms with E-state index in [4.69, 9.17) is 0 Å². The highest BCUT2D eigenvalue weighted by atomic mass is 16.2. The number of hydrogen-bond donors (Lipinski definition) is 1. The van der Waals surface area contributed by atoms with Crippen molar-refractivity contribution in [3.8, 4) is 0 Å². The molecule has 2 nitrogen and oxygen atoms in total. The van der Waals surface area contributed by atoms with Gasteiger partial charge in [-0.2, -0.15) is 0 Å². The highest BCUT2D eigenvalue weighted by Crippen LogP contribution is 2.51. The molecule has 1 aliphatic heterocycles. The Hall–Kier alpha value is -1.31. The van der Waals surface area contributed by atoms with Crippen LogP contribution >= 0.6 is 0 Å². The topological polar surface area (TPSA) is 29.1 Å². The number of anilines is 1. The van der Waals surface area contributed by atoms with Crippen LogP contribution in [0, 0.1) is 5.41 Å². The summed E-state index contributed by atoms with van der Waals surface area (Å²) >= 11 is 0.